The first-order valence-corrected chi connectivity index (χ1v) is 6.87. The van der Waals surface area contributed by atoms with Gasteiger partial charge < -0.3 is 0 Å². The minimum Gasteiger partial charge on any atom is -0.245 e. The molecule has 2 aromatic heterocycles. The van der Waals surface area contributed by atoms with Crippen molar-refractivity contribution in [1.29, 1.82) is 0 Å². The summed E-state index contributed by atoms with van der Waals surface area (Å²) < 4.78 is 0.841. The summed E-state index contributed by atoms with van der Waals surface area (Å²) in [6.07, 6.45) is 3.09. The summed E-state index contributed by atoms with van der Waals surface area (Å²) >= 11 is 9.34. The smallest absolute Gasteiger partial charge is 0.223 e. The molecule has 0 radical (unpaired) electrons. The molecule has 0 N–H and O–H groups in total. The number of benzene rings is 1. The van der Waals surface area contributed by atoms with Gasteiger partial charge in [-0.15, -0.1) is 10.2 Å². The van der Waals surface area contributed by atoms with Crippen molar-refractivity contribution in [3.05, 3.63) is 51.8 Å². The monoisotopic (exact) mass is 350 g/mol. The van der Waals surface area contributed by atoms with Crippen molar-refractivity contribution in [1.82, 2.24) is 30.2 Å². The summed E-state index contributed by atoms with van der Waals surface area (Å²) in [4.78, 5) is 9.44. The number of hydrogen-bond acceptors (Lipinski definition) is 5. The zero-order valence-electron chi connectivity index (χ0n) is 10.1. The molecule has 3 rings (SSSR count). The second-order valence-electron chi connectivity index (χ2n) is 3.99. The molecule has 20 heavy (non-hydrogen) atoms. The molecule has 0 amide bonds. The minimum atomic E-state index is 0.473. The van der Waals surface area contributed by atoms with Gasteiger partial charge in [-0.2, -0.15) is 4.80 Å². The molecule has 0 spiro atoms. The summed E-state index contributed by atoms with van der Waals surface area (Å²) in [6.45, 7) is 0.508. The van der Waals surface area contributed by atoms with Gasteiger partial charge >= 0.3 is 0 Å². The first kappa shape index (κ1) is 13.1. The fraction of sp³-hybridized carbons (Fsp3) is 0.0833. The molecule has 6 nitrogen and oxygen atoms in total. The van der Waals surface area contributed by atoms with Crippen molar-refractivity contribution in [2.75, 3.05) is 0 Å². The van der Waals surface area contributed by atoms with E-state index < -0.39 is 0 Å². The lowest BCUT2D eigenvalue weighted by Crippen LogP contribution is -2.04. The van der Waals surface area contributed by atoms with Gasteiger partial charge in [-0.05, 0) is 44.9 Å². The lowest BCUT2D eigenvalue weighted by Gasteiger charge is -2.01. The molecule has 0 saturated heterocycles. The Bertz CT molecular complexity index is 730. The Morgan fingerprint density at radius 2 is 2.15 bits per heavy atom. The Morgan fingerprint density at radius 3 is 2.90 bits per heavy atom. The maximum atomic E-state index is 5.96. The standard InChI is InChI=1S/C12H8BrClN6/c13-9-5-8(1-2-10(9)14)6-20-18-12(17-19-20)11-3-4-15-7-16-11/h1-5,7H,6H2. The molecule has 0 aliphatic rings. The number of halogens is 2. The van der Waals surface area contributed by atoms with Gasteiger partial charge in [-0.1, -0.05) is 17.7 Å². The van der Waals surface area contributed by atoms with Gasteiger partial charge in [0.1, 0.15) is 12.0 Å². The van der Waals surface area contributed by atoms with E-state index in [-0.39, 0.29) is 0 Å². The van der Waals surface area contributed by atoms with E-state index in [0.29, 0.717) is 23.1 Å². The number of aromatic nitrogens is 6. The molecule has 0 unspecified atom stereocenters. The highest BCUT2D eigenvalue weighted by molar-refractivity contribution is 9.10. The highest BCUT2D eigenvalue weighted by Crippen LogP contribution is 2.23. The van der Waals surface area contributed by atoms with Gasteiger partial charge in [0.2, 0.25) is 5.82 Å². The van der Waals surface area contributed by atoms with Crippen LogP contribution in [0.5, 0.6) is 0 Å². The predicted molar refractivity (Wildman–Crippen MR) is 77.1 cm³/mol. The van der Waals surface area contributed by atoms with E-state index in [4.69, 9.17) is 11.6 Å². The SMILES string of the molecule is Clc1ccc(Cn2nnc(-c3ccncn3)n2)cc1Br. The third-order valence-corrected chi connectivity index (χ3v) is 3.79. The number of nitrogens with zero attached hydrogens (tertiary/aromatic N) is 6. The molecular weight excluding hydrogens is 344 g/mol. The largest absolute Gasteiger partial charge is 0.245 e. The van der Waals surface area contributed by atoms with Gasteiger partial charge in [0.25, 0.3) is 0 Å². The van der Waals surface area contributed by atoms with Gasteiger partial charge in [-0.3, -0.25) is 0 Å². The molecule has 0 atom stereocenters. The first-order valence-electron chi connectivity index (χ1n) is 5.70. The van der Waals surface area contributed by atoms with Crippen molar-refractivity contribution < 1.29 is 0 Å². The van der Waals surface area contributed by atoms with E-state index in [0.717, 1.165) is 10.0 Å². The predicted octanol–water partition coefficient (Wildman–Crippen LogP) is 2.59. The Morgan fingerprint density at radius 1 is 1.25 bits per heavy atom. The molecule has 0 fully saturated rings. The molecule has 0 aliphatic heterocycles. The van der Waals surface area contributed by atoms with Crippen LogP contribution in [0.4, 0.5) is 0 Å². The second-order valence-corrected chi connectivity index (χ2v) is 5.25. The topological polar surface area (TPSA) is 69.4 Å². The van der Waals surface area contributed by atoms with Crippen LogP contribution in [0.2, 0.25) is 5.02 Å². The maximum absolute atomic E-state index is 5.96. The van der Waals surface area contributed by atoms with Crippen LogP contribution in [0, 0.1) is 0 Å². The zero-order chi connectivity index (χ0) is 13.9. The molecule has 1 aromatic carbocycles. The van der Waals surface area contributed by atoms with Gasteiger partial charge in [0.05, 0.1) is 11.6 Å². The second kappa shape index (κ2) is 5.64. The summed E-state index contributed by atoms with van der Waals surface area (Å²) in [5.74, 6) is 0.473. The van der Waals surface area contributed by atoms with Crippen LogP contribution in [0.25, 0.3) is 11.5 Å². The van der Waals surface area contributed by atoms with E-state index in [2.05, 4.69) is 41.3 Å². The Kier molecular flexibility index (Phi) is 3.70. The van der Waals surface area contributed by atoms with Crippen molar-refractivity contribution >= 4 is 27.5 Å². The lowest BCUT2D eigenvalue weighted by molar-refractivity contribution is 0.572. The quantitative estimate of drug-likeness (QED) is 0.725. The molecule has 0 saturated carbocycles. The van der Waals surface area contributed by atoms with Crippen molar-refractivity contribution in [3.8, 4) is 11.5 Å². The molecule has 100 valence electrons. The van der Waals surface area contributed by atoms with Crippen molar-refractivity contribution in [3.63, 3.8) is 0 Å². The summed E-state index contributed by atoms with van der Waals surface area (Å²) in [5, 5.41) is 12.9. The van der Waals surface area contributed by atoms with Crippen LogP contribution in [0.3, 0.4) is 0 Å². The van der Waals surface area contributed by atoms with Crippen LogP contribution in [0.1, 0.15) is 5.56 Å². The molecular formula is C12H8BrClN6. The van der Waals surface area contributed by atoms with Crippen molar-refractivity contribution in [2.45, 2.75) is 6.54 Å². The van der Waals surface area contributed by atoms with Gasteiger partial charge in [-0.25, -0.2) is 9.97 Å². The van der Waals surface area contributed by atoms with Crippen LogP contribution in [-0.2, 0) is 6.54 Å². The van der Waals surface area contributed by atoms with Crippen LogP contribution in [-0.4, -0.2) is 30.2 Å². The Balaban J connectivity index is 1.82. The third kappa shape index (κ3) is 2.83. The summed E-state index contributed by atoms with van der Waals surface area (Å²) in [7, 11) is 0. The van der Waals surface area contributed by atoms with Gasteiger partial charge in [0, 0.05) is 10.7 Å². The first-order chi connectivity index (χ1) is 9.72. The fourth-order valence-corrected chi connectivity index (χ4v) is 2.18. The number of tetrazole rings is 1. The van der Waals surface area contributed by atoms with E-state index in [9.17, 15) is 0 Å². The highest BCUT2D eigenvalue weighted by atomic mass is 79.9. The Labute approximate surface area is 128 Å². The van der Waals surface area contributed by atoms with E-state index >= 15 is 0 Å². The van der Waals surface area contributed by atoms with Crippen LogP contribution >= 0.6 is 27.5 Å². The van der Waals surface area contributed by atoms with Gasteiger partial charge in [0.15, 0.2) is 0 Å². The van der Waals surface area contributed by atoms with Crippen LogP contribution in [0.15, 0.2) is 41.3 Å². The normalized spacial score (nSPS) is 10.7. The Hall–Kier alpha value is -1.86. The number of rotatable bonds is 3. The lowest BCUT2D eigenvalue weighted by atomic mass is 10.2. The van der Waals surface area contributed by atoms with E-state index in [1.807, 2.05) is 18.2 Å². The fourth-order valence-electron chi connectivity index (χ4n) is 1.64. The van der Waals surface area contributed by atoms with E-state index in [1.54, 1.807) is 12.3 Å². The average Bonchev–Trinajstić information content (AvgIpc) is 2.92. The van der Waals surface area contributed by atoms with Crippen molar-refractivity contribution in [2.24, 2.45) is 0 Å². The number of hydrogen-bond donors (Lipinski definition) is 0. The van der Waals surface area contributed by atoms with Crippen LogP contribution < -0.4 is 0 Å². The molecule has 0 bridgehead atoms. The minimum absolute atomic E-state index is 0.473. The third-order valence-electron chi connectivity index (χ3n) is 2.57. The van der Waals surface area contributed by atoms with E-state index in [1.165, 1.54) is 11.1 Å². The highest BCUT2D eigenvalue weighted by Gasteiger charge is 2.07. The molecule has 8 heteroatoms. The molecule has 3 aromatic rings. The summed E-state index contributed by atoms with van der Waals surface area (Å²) in [5.41, 5.74) is 1.66. The average molecular weight is 352 g/mol. The zero-order valence-corrected chi connectivity index (χ0v) is 12.5. The maximum Gasteiger partial charge on any atom is 0.223 e. The molecule has 2 heterocycles. The molecule has 0 aliphatic carbocycles. The summed E-state index contributed by atoms with van der Waals surface area (Å²) in [6, 6.07) is 7.40.